The van der Waals surface area contributed by atoms with Crippen LogP contribution in [-0.2, 0) is 22.6 Å². The van der Waals surface area contributed by atoms with Crippen molar-refractivity contribution in [3.63, 3.8) is 0 Å². The van der Waals surface area contributed by atoms with Crippen molar-refractivity contribution >= 4 is 45.0 Å². The molecule has 0 spiro atoms. The summed E-state index contributed by atoms with van der Waals surface area (Å²) in [5.41, 5.74) is 3.11. The van der Waals surface area contributed by atoms with E-state index in [0.29, 0.717) is 16.1 Å². The topological polar surface area (TPSA) is 71.7 Å². The molecular formula is C23H23N3O3S. The molecule has 0 aliphatic carbocycles. The molecule has 2 aromatic carbocycles. The number of aromatic nitrogens is 1. The lowest BCUT2D eigenvalue weighted by atomic mass is 10.1. The van der Waals surface area contributed by atoms with E-state index in [9.17, 15) is 14.4 Å². The smallest absolute Gasteiger partial charge is 0.279 e. The maximum atomic E-state index is 12.9. The molecular weight excluding hydrogens is 398 g/mol. The second kappa shape index (κ2) is 8.36. The zero-order valence-electron chi connectivity index (χ0n) is 17.1. The fourth-order valence-electron chi connectivity index (χ4n) is 3.66. The first-order valence-corrected chi connectivity index (χ1v) is 11.0. The van der Waals surface area contributed by atoms with Gasteiger partial charge in [-0.3, -0.25) is 19.3 Å². The molecule has 0 radical (unpaired) electrons. The van der Waals surface area contributed by atoms with E-state index in [2.05, 4.69) is 41.6 Å². The summed E-state index contributed by atoms with van der Waals surface area (Å²) in [6, 6.07) is 12.9. The number of aryl methyl sites for hydroxylation is 2. The van der Waals surface area contributed by atoms with Gasteiger partial charge in [0, 0.05) is 24.9 Å². The van der Waals surface area contributed by atoms with Crippen molar-refractivity contribution in [2.24, 2.45) is 4.99 Å². The van der Waals surface area contributed by atoms with Gasteiger partial charge < -0.3 is 4.57 Å². The zero-order chi connectivity index (χ0) is 21.3. The Balaban J connectivity index is 1.75. The van der Waals surface area contributed by atoms with Gasteiger partial charge in [-0.2, -0.15) is 4.99 Å². The Morgan fingerprint density at radius 3 is 2.53 bits per heavy atom. The molecule has 0 N–H and O–H groups in total. The van der Waals surface area contributed by atoms with Crippen molar-refractivity contribution in [2.45, 2.75) is 46.1 Å². The predicted molar refractivity (Wildman–Crippen MR) is 118 cm³/mol. The number of carbonyl (C=O) groups is 3. The number of anilines is 1. The molecule has 2 heterocycles. The van der Waals surface area contributed by atoms with Crippen LogP contribution in [0.25, 0.3) is 10.2 Å². The summed E-state index contributed by atoms with van der Waals surface area (Å²) >= 11 is 1.50. The quantitative estimate of drug-likeness (QED) is 0.583. The highest BCUT2D eigenvalue weighted by molar-refractivity contribution is 7.16. The molecule has 7 heteroatoms. The van der Waals surface area contributed by atoms with Crippen LogP contribution in [0.4, 0.5) is 5.69 Å². The fourth-order valence-corrected chi connectivity index (χ4v) is 4.77. The lowest BCUT2D eigenvalue weighted by molar-refractivity contribution is -0.121. The first-order chi connectivity index (χ1) is 14.5. The minimum Gasteiger partial charge on any atom is -0.316 e. The van der Waals surface area contributed by atoms with Crippen LogP contribution < -0.4 is 9.70 Å². The van der Waals surface area contributed by atoms with E-state index in [1.165, 1.54) is 16.9 Å². The number of benzene rings is 2. The van der Waals surface area contributed by atoms with Crippen molar-refractivity contribution in [3.8, 4) is 0 Å². The Labute approximate surface area is 178 Å². The number of hydrogen-bond donors (Lipinski definition) is 0. The zero-order valence-corrected chi connectivity index (χ0v) is 17.9. The normalized spacial score (nSPS) is 14.9. The third kappa shape index (κ3) is 3.73. The van der Waals surface area contributed by atoms with Crippen molar-refractivity contribution < 1.29 is 14.4 Å². The molecule has 0 bridgehead atoms. The van der Waals surface area contributed by atoms with E-state index in [1.807, 2.05) is 0 Å². The van der Waals surface area contributed by atoms with Crippen LogP contribution in [0.3, 0.4) is 0 Å². The van der Waals surface area contributed by atoms with E-state index >= 15 is 0 Å². The molecule has 154 valence electrons. The number of hydrogen-bond acceptors (Lipinski definition) is 4. The molecule has 1 aliphatic rings. The molecule has 3 aromatic rings. The molecule has 6 nitrogen and oxygen atoms in total. The first-order valence-electron chi connectivity index (χ1n) is 10.2. The van der Waals surface area contributed by atoms with E-state index < -0.39 is 0 Å². The van der Waals surface area contributed by atoms with Gasteiger partial charge in [0.25, 0.3) is 5.91 Å². The van der Waals surface area contributed by atoms with Crippen molar-refractivity contribution in [3.05, 3.63) is 58.4 Å². The van der Waals surface area contributed by atoms with Crippen LogP contribution in [0, 0.1) is 0 Å². The summed E-state index contributed by atoms with van der Waals surface area (Å²) in [4.78, 5) is 43.2. The SMILES string of the molecule is CCCn1c(=NC(=O)c2cccc(N3C(=O)CCC3=O)c2)sc2cc(CC)ccc21. The molecule has 1 aliphatic heterocycles. The second-order valence-electron chi connectivity index (χ2n) is 7.28. The van der Waals surface area contributed by atoms with E-state index in [4.69, 9.17) is 0 Å². The summed E-state index contributed by atoms with van der Waals surface area (Å²) in [6.45, 7) is 4.98. The number of imide groups is 1. The Kier molecular flexibility index (Phi) is 5.63. The average Bonchev–Trinajstić information content (AvgIpc) is 3.26. The second-order valence-corrected chi connectivity index (χ2v) is 8.29. The molecule has 0 saturated carbocycles. The minimum atomic E-state index is -0.386. The summed E-state index contributed by atoms with van der Waals surface area (Å²) in [5.74, 6) is -0.861. The summed E-state index contributed by atoms with van der Waals surface area (Å²) in [5, 5.41) is 0. The van der Waals surface area contributed by atoms with Gasteiger partial charge in [0.2, 0.25) is 11.8 Å². The number of amides is 3. The highest BCUT2D eigenvalue weighted by Gasteiger charge is 2.30. The highest BCUT2D eigenvalue weighted by Crippen LogP contribution is 2.24. The third-order valence-electron chi connectivity index (χ3n) is 5.20. The van der Waals surface area contributed by atoms with Crippen molar-refractivity contribution in [1.82, 2.24) is 4.57 Å². The fraction of sp³-hybridized carbons (Fsp3) is 0.304. The molecule has 1 fully saturated rings. The summed E-state index contributed by atoms with van der Waals surface area (Å²) in [7, 11) is 0. The molecule has 0 unspecified atom stereocenters. The van der Waals surface area contributed by atoms with Crippen LogP contribution in [0.5, 0.6) is 0 Å². The lowest BCUT2D eigenvalue weighted by Gasteiger charge is -2.14. The standard InChI is InChI=1S/C23H23N3O3S/c1-3-12-25-18-9-8-15(4-2)13-19(18)30-23(25)24-22(29)16-6-5-7-17(14-16)26-20(27)10-11-21(26)28/h5-9,13-14H,3-4,10-12H2,1-2H3. The summed E-state index contributed by atoms with van der Waals surface area (Å²) in [6.07, 6.45) is 2.30. The number of carbonyl (C=O) groups excluding carboxylic acids is 3. The molecule has 4 rings (SSSR count). The predicted octanol–water partition coefficient (Wildman–Crippen LogP) is 4.07. The number of rotatable bonds is 5. The number of nitrogens with zero attached hydrogens (tertiary/aromatic N) is 3. The van der Waals surface area contributed by atoms with Gasteiger partial charge in [-0.1, -0.05) is 37.3 Å². The Bertz CT molecular complexity index is 1210. The maximum absolute atomic E-state index is 12.9. The molecule has 1 aromatic heterocycles. The van der Waals surface area contributed by atoms with Gasteiger partial charge in [-0.05, 0) is 48.7 Å². The Morgan fingerprint density at radius 1 is 1.07 bits per heavy atom. The largest absolute Gasteiger partial charge is 0.316 e. The van der Waals surface area contributed by atoms with Gasteiger partial charge in [0.1, 0.15) is 0 Å². The van der Waals surface area contributed by atoms with Crippen LogP contribution >= 0.6 is 11.3 Å². The van der Waals surface area contributed by atoms with Crippen LogP contribution in [0.2, 0.25) is 0 Å². The number of thiazole rings is 1. The van der Waals surface area contributed by atoms with Gasteiger partial charge in [-0.15, -0.1) is 0 Å². The third-order valence-corrected chi connectivity index (χ3v) is 6.24. The Hall–Kier alpha value is -3.06. The van der Waals surface area contributed by atoms with Crippen molar-refractivity contribution in [1.29, 1.82) is 0 Å². The van der Waals surface area contributed by atoms with Gasteiger partial charge in [-0.25, -0.2) is 0 Å². The van der Waals surface area contributed by atoms with Crippen molar-refractivity contribution in [2.75, 3.05) is 4.90 Å². The van der Waals surface area contributed by atoms with E-state index in [0.717, 1.165) is 34.5 Å². The lowest BCUT2D eigenvalue weighted by Crippen LogP contribution is -2.28. The maximum Gasteiger partial charge on any atom is 0.279 e. The van der Waals surface area contributed by atoms with Gasteiger partial charge in [0.05, 0.1) is 15.9 Å². The van der Waals surface area contributed by atoms with Crippen LogP contribution in [-0.4, -0.2) is 22.3 Å². The monoisotopic (exact) mass is 421 g/mol. The van der Waals surface area contributed by atoms with E-state index in [1.54, 1.807) is 24.3 Å². The molecule has 30 heavy (non-hydrogen) atoms. The molecule has 1 saturated heterocycles. The van der Waals surface area contributed by atoms with E-state index in [-0.39, 0.29) is 30.6 Å². The first kappa shape index (κ1) is 20.2. The number of fused-ring (bicyclic) bond motifs is 1. The Morgan fingerprint density at radius 2 is 1.83 bits per heavy atom. The molecule has 3 amide bonds. The molecule has 0 atom stereocenters. The highest BCUT2D eigenvalue weighted by atomic mass is 32.1. The minimum absolute atomic E-state index is 0.208. The van der Waals surface area contributed by atoms with Crippen LogP contribution in [0.15, 0.2) is 47.5 Å². The van der Waals surface area contributed by atoms with Gasteiger partial charge >= 0.3 is 0 Å². The van der Waals surface area contributed by atoms with Gasteiger partial charge in [0.15, 0.2) is 4.80 Å². The summed E-state index contributed by atoms with van der Waals surface area (Å²) < 4.78 is 3.19. The van der Waals surface area contributed by atoms with Crippen LogP contribution in [0.1, 0.15) is 49.0 Å². The average molecular weight is 422 g/mol.